The fourth-order valence-electron chi connectivity index (χ4n) is 4.67. The summed E-state index contributed by atoms with van der Waals surface area (Å²) in [6, 6.07) is 23.5. The molecule has 0 aromatic heterocycles. The average Bonchev–Trinajstić information content (AvgIpc) is 3.34. The molecule has 0 bridgehead atoms. The molecule has 6 nitrogen and oxygen atoms in total. The average molecular weight is 459 g/mol. The summed E-state index contributed by atoms with van der Waals surface area (Å²) in [4.78, 5) is 0. The summed E-state index contributed by atoms with van der Waals surface area (Å²) in [6.07, 6.45) is 1.34. The van der Waals surface area contributed by atoms with Gasteiger partial charge in [-0.25, -0.2) is 0 Å². The fourth-order valence-corrected chi connectivity index (χ4v) is 4.67. The maximum atomic E-state index is 9.97. The van der Waals surface area contributed by atoms with E-state index >= 15 is 0 Å². The molecule has 6 rings (SSSR count). The zero-order chi connectivity index (χ0) is 24.2. The topological polar surface area (TPSA) is 121 Å². The first-order chi connectivity index (χ1) is 16.3. The molecular formula is C28H26O6. The van der Waals surface area contributed by atoms with Crippen molar-refractivity contribution in [1.29, 1.82) is 0 Å². The summed E-state index contributed by atoms with van der Waals surface area (Å²) in [5.41, 5.74) is 3.63. The smallest absolute Gasteiger partial charge is 0.122 e. The van der Waals surface area contributed by atoms with Crippen LogP contribution < -0.4 is 0 Å². The third-order valence-electron chi connectivity index (χ3n) is 6.14. The normalized spacial score (nSPS) is 16.7. The van der Waals surface area contributed by atoms with E-state index in [0.29, 0.717) is 24.3 Å². The number of phenols is 6. The van der Waals surface area contributed by atoms with E-state index in [1.165, 1.54) is 12.1 Å². The minimum Gasteiger partial charge on any atom is -0.508 e. The molecule has 4 aromatic carbocycles. The molecule has 0 spiro atoms. The molecule has 2 aliphatic rings. The van der Waals surface area contributed by atoms with Crippen molar-refractivity contribution in [3.05, 3.63) is 107 Å². The Morgan fingerprint density at radius 3 is 1.09 bits per heavy atom. The molecule has 0 amide bonds. The highest BCUT2D eigenvalue weighted by Gasteiger charge is 2.42. The van der Waals surface area contributed by atoms with Gasteiger partial charge in [0.1, 0.15) is 34.5 Å². The van der Waals surface area contributed by atoms with Crippen LogP contribution in [-0.2, 0) is 12.8 Å². The monoisotopic (exact) mass is 458 g/mol. The van der Waals surface area contributed by atoms with Crippen LogP contribution >= 0.6 is 0 Å². The number of benzene rings is 4. The molecule has 1 unspecified atom stereocenters. The number of phenolic OH excluding ortho intramolecular Hbond substituents is 6. The van der Waals surface area contributed by atoms with Crippen molar-refractivity contribution in [1.82, 2.24) is 0 Å². The lowest BCUT2D eigenvalue weighted by atomic mass is 9.93. The van der Waals surface area contributed by atoms with Gasteiger partial charge in [0.25, 0.3) is 0 Å². The van der Waals surface area contributed by atoms with E-state index in [4.69, 9.17) is 10.2 Å². The quantitative estimate of drug-likeness (QED) is 0.213. The minimum atomic E-state index is 0.0601. The molecule has 0 fully saturated rings. The van der Waals surface area contributed by atoms with Crippen LogP contribution in [0.2, 0.25) is 0 Å². The van der Waals surface area contributed by atoms with E-state index in [2.05, 4.69) is 0 Å². The van der Waals surface area contributed by atoms with E-state index in [9.17, 15) is 20.4 Å². The van der Waals surface area contributed by atoms with Gasteiger partial charge in [-0.1, -0.05) is 36.4 Å². The predicted octanol–water partition coefficient (Wildman–Crippen LogP) is 5.27. The predicted molar refractivity (Wildman–Crippen MR) is 129 cm³/mol. The van der Waals surface area contributed by atoms with Crippen molar-refractivity contribution in [2.75, 3.05) is 0 Å². The van der Waals surface area contributed by atoms with Gasteiger partial charge in [-0.15, -0.1) is 0 Å². The Morgan fingerprint density at radius 2 is 0.794 bits per heavy atom. The van der Waals surface area contributed by atoms with Crippen LogP contribution in [-0.4, -0.2) is 30.6 Å². The Bertz CT molecular complexity index is 1170. The van der Waals surface area contributed by atoms with Crippen molar-refractivity contribution in [2.24, 2.45) is 0 Å². The first-order valence-electron chi connectivity index (χ1n) is 10.9. The van der Waals surface area contributed by atoms with Gasteiger partial charge in [0, 0.05) is 12.1 Å². The SMILES string of the molecule is Oc1cc(O)c2c(c1)C1Cc3c(O)cc(O)cc3[C@H]1C2.Oc1ccccc1.Oc1ccccc1. The van der Waals surface area contributed by atoms with Gasteiger partial charge in [-0.3, -0.25) is 0 Å². The highest BCUT2D eigenvalue weighted by molar-refractivity contribution is 5.59. The molecule has 174 valence electrons. The number of aromatic hydroxyl groups is 6. The Hall–Kier alpha value is -4.32. The van der Waals surface area contributed by atoms with E-state index in [1.807, 2.05) is 12.1 Å². The molecule has 6 N–H and O–H groups in total. The molecule has 34 heavy (non-hydrogen) atoms. The van der Waals surface area contributed by atoms with Crippen LogP contribution in [0.1, 0.15) is 34.1 Å². The molecule has 4 aromatic rings. The highest BCUT2D eigenvalue weighted by Crippen LogP contribution is 2.56. The fraction of sp³-hybridized carbons (Fsp3) is 0.143. The van der Waals surface area contributed by atoms with Gasteiger partial charge in [0.15, 0.2) is 0 Å². The summed E-state index contributed by atoms with van der Waals surface area (Å²) >= 11 is 0. The van der Waals surface area contributed by atoms with Crippen molar-refractivity contribution in [2.45, 2.75) is 24.7 Å². The van der Waals surface area contributed by atoms with Crippen LogP contribution in [0.5, 0.6) is 34.5 Å². The van der Waals surface area contributed by atoms with Crippen LogP contribution in [0.4, 0.5) is 0 Å². The van der Waals surface area contributed by atoms with E-state index in [1.54, 1.807) is 60.7 Å². The van der Waals surface area contributed by atoms with Crippen LogP contribution in [0.25, 0.3) is 0 Å². The zero-order valence-corrected chi connectivity index (χ0v) is 18.3. The third-order valence-corrected chi connectivity index (χ3v) is 6.14. The lowest BCUT2D eigenvalue weighted by Crippen LogP contribution is -1.98. The van der Waals surface area contributed by atoms with E-state index in [0.717, 1.165) is 22.3 Å². The maximum Gasteiger partial charge on any atom is 0.122 e. The molecule has 2 aliphatic carbocycles. The van der Waals surface area contributed by atoms with Crippen molar-refractivity contribution in [3.63, 3.8) is 0 Å². The van der Waals surface area contributed by atoms with Gasteiger partial charge in [0.05, 0.1) is 0 Å². The van der Waals surface area contributed by atoms with Crippen LogP contribution in [0.15, 0.2) is 84.9 Å². The van der Waals surface area contributed by atoms with Crippen LogP contribution in [0.3, 0.4) is 0 Å². The number of rotatable bonds is 0. The second-order valence-corrected chi connectivity index (χ2v) is 8.36. The summed E-state index contributed by atoms with van der Waals surface area (Å²) in [6.45, 7) is 0. The Kier molecular flexibility index (Phi) is 6.50. The Morgan fingerprint density at radius 1 is 0.441 bits per heavy atom. The second-order valence-electron chi connectivity index (χ2n) is 8.36. The van der Waals surface area contributed by atoms with Gasteiger partial charge < -0.3 is 30.6 Å². The molecule has 6 heteroatoms. The molecule has 0 aliphatic heterocycles. The van der Waals surface area contributed by atoms with E-state index in [-0.39, 0.29) is 34.8 Å². The van der Waals surface area contributed by atoms with E-state index < -0.39 is 0 Å². The van der Waals surface area contributed by atoms with Gasteiger partial charge >= 0.3 is 0 Å². The highest BCUT2D eigenvalue weighted by atomic mass is 16.3. The number of para-hydroxylation sites is 2. The molecular weight excluding hydrogens is 432 g/mol. The summed E-state index contributed by atoms with van der Waals surface area (Å²) in [5.74, 6) is 1.30. The van der Waals surface area contributed by atoms with Gasteiger partial charge in [-0.2, -0.15) is 0 Å². The van der Waals surface area contributed by atoms with Crippen molar-refractivity contribution < 1.29 is 30.6 Å². The Labute approximate surface area is 197 Å². The first kappa shape index (κ1) is 22.9. The summed E-state index contributed by atoms with van der Waals surface area (Å²) < 4.78 is 0. The van der Waals surface area contributed by atoms with Crippen molar-refractivity contribution in [3.8, 4) is 34.5 Å². The number of fused-ring (bicyclic) bond motifs is 5. The van der Waals surface area contributed by atoms with Crippen molar-refractivity contribution >= 4 is 0 Å². The molecule has 0 saturated heterocycles. The van der Waals surface area contributed by atoms with Gasteiger partial charge in [-0.05, 0) is 83.3 Å². The molecule has 0 radical (unpaired) electrons. The van der Waals surface area contributed by atoms with Gasteiger partial charge in [0.2, 0.25) is 0 Å². The number of hydrogen-bond donors (Lipinski definition) is 6. The largest absolute Gasteiger partial charge is 0.508 e. The molecule has 0 saturated carbocycles. The zero-order valence-electron chi connectivity index (χ0n) is 18.3. The maximum absolute atomic E-state index is 9.97. The molecule has 2 atom stereocenters. The third kappa shape index (κ3) is 4.86. The molecule has 0 heterocycles. The standard InChI is InChI=1S/C16H14O4.2C6H6O/c17-7-1-9-11-5-14-10(2-8(18)4-16(14)20)12(11)6-13(9)15(19)3-7;2*7-6-4-2-1-3-5-6/h1-4,11-12,17-20H,5-6H2;2*1-5,7H/t11-,12?;;/m1../s1. The lowest BCUT2D eigenvalue weighted by Gasteiger charge is -2.10. The Balaban J connectivity index is 0.000000160. The minimum absolute atomic E-state index is 0.0601. The summed E-state index contributed by atoms with van der Waals surface area (Å²) in [5, 5.41) is 56.5. The number of hydrogen-bond acceptors (Lipinski definition) is 6. The second kappa shape index (κ2) is 9.67. The first-order valence-corrected chi connectivity index (χ1v) is 10.9. The lowest BCUT2D eigenvalue weighted by molar-refractivity contribution is 0.445. The van der Waals surface area contributed by atoms with Crippen LogP contribution in [0, 0.1) is 0 Å². The summed E-state index contributed by atoms with van der Waals surface area (Å²) in [7, 11) is 0.